The van der Waals surface area contributed by atoms with Gasteiger partial charge in [0.2, 0.25) is 0 Å². The molecular weight excluding hydrogens is 206 g/mol. The predicted molar refractivity (Wildman–Crippen MR) is 49.9 cm³/mol. The second kappa shape index (κ2) is 4.83. The number of carbonyl (C=O) groups excluding carboxylic acids is 1. The fourth-order valence-electron chi connectivity index (χ4n) is 0.802. The molecule has 0 aliphatic carbocycles. The van der Waals surface area contributed by atoms with E-state index in [2.05, 4.69) is 4.98 Å². The van der Waals surface area contributed by atoms with Crippen LogP contribution in [-0.2, 0) is 4.74 Å². The molecule has 1 N–H and O–H groups in total. The smallest absolute Gasteiger partial charge is 0.355 e. The maximum atomic E-state index is 11.3. The molecule has 0 fully saturated rings. The molecule has 6 heteroatoms. The number of nitrogens with zero attached hydrogens (tertiary/aromatic N) is 1. The summed E-state index contributed by atoms with van der Waals surface area (Å²) in [5, 5.41) is 10.1. The van der Waals surface area contributed by atoms with Gasteiger partial charge in [-0.2, -0.15) is 0 Å². The van der Waals surface area contributed by atoms with Gasteiger partial charge in [0.15, 0.2) is 16.5 Å². The third kappa shape index (κ3) is 2.61. The number of carbonyl (C=O) groups is 2. The molecule has 0 aliphatic rings. The van der Waals surface area contributed by atoms with E-state index in [0.29, 0.717) is 6.61 Å². The largest absolute Gasteiger partial charge is 0.476 e. The van der Waals surface area contributed by atoms with Gasteiger partial charge < -0.3 is 9.84 Å². The van der Waals surface area contributed by atoms with Gasteiger partial charge in [-0.15, -0.1) is 11.3 Å². The van der Waals surface area contributed by atoms with Gasteiger partial charge in [0.1, 0.15) is 0 Å². The van der Waals surface area contributed by atoms with E-state index in [9.17, 15) is 9.59 Å². The van der Waals surface area contributed by atoms with Crippen LogP contribution in [0.3, 0.4) is 0 Å². The van der Waals surface area contributed by atoms with Crippen molar-refractivity contribution in [1.82, 2.24) is 4.98 Å². The zero-order chi connectivity index (χ0) is 10.6. The number of ketones is 1. The molecule has 0 saturated heterocycles. The summed E-state index contributed by atoms with van der Waals surface area (Å²) in [6.45, 7) is 0.320. The molecule has 0 radical (unpaired) electrons. The second-order valence-corrected chi connectivity index (χ2v) is 3.37. The van der Waals surface area contributed by atoms with Crippen molar-refractivity contribution >= 4 is 23.1 Å². The molecule has 0 atom stereocenters. The number of methoxy groups -OCH3 is 1. The first-order valence-electron chi connectivity index (χ1n) is 3.86. The van der Waals surface area contributed by atoms with Crippen LogP contribution in [-0.4, -0.2) is 35.6 Å². The van der Waals surface area contributed by atoms with Gasteiger partial charge in [0.25, 0.3) is 0 Å². The maximum absolute atomic E-state index is 11.3. The van der Waals surface area contributed by atoms with Gasteiger partial charge in [-0.05, 0) is 0 Å². The minimum absolute atomic E-state index is 0.0873. The average Bonchev–Trinajstić information content (AvgIpc) is 2.62. The van der Waals surface area contributed by atoms with E-state index in [-0.39, 0.29) is 22.9 Å². The van der Waals surface area contributed by atoms with Gasteiger partial charge >= 0.3 is 5.97 Å². The Morgan fingerprint density at radius 1 is 1.64 bits per heavy atom. The van der Waals surface area contributed by atoms with Crippen LogP contribution in [0, 0.1) is 0 Å². The van der Waals surface area contributed by atoms with E-state index >= 15 is 0 Å². The van der Waals surface area contributed by atoms with Crippen molar-refractivity contribution in [2.45, 2.75) is 6.42 Å². The standard InChI is InChI=1S/C8H9NO4S/c1-13-3-2-6(10)7-9-5(4-14-7)8(11)12/h4H,2-3H2,1H3,(H,11,12). The van der Waals surface area contributed by atoms with Crippen LogP contribution in [0.2, 0.25) is 0 Å². The monoisotopic (exact) mass is 215 g/mol. The Kier molecular flexibility index (Phi) is 3.73. The molecule has 0 unspecified atom stereocenters. The molecule has 1 rings (SSSR count). The number of hydrogen-bond donors (Lipinski definition) is 1. The second-order valence-electron chi connectivity index (χ2n) is 2.51. The number of Topliss-reactive ketones (excluding diaryl/α,β-unsaturated/α-hetero) is 1. The summed E-state index contributed by atoms with van der Waals surface area (Å²) in [5.74, 6) is -1.31. The summed E-state index contributed by atoms with van der Waals surface area (Å²) in [6, 6.07) is 0. The van der Waals surface area contributed by atoms with E-state index in [0.717, 1.165) is 11.3 Å². The number of hydrogen-bond acceptors (Lipinski definition) is 5. The van der Waals surface area contributed by atoms with Crippen molar-refractivity contribution in [3.63, 3.8) is 0 Å². The summed E-state index contributed by atoms with van der Waals surface area (Å²) >= 11 is 1.04. The lowest BCUT2D eigenvalue weighted by molar-refractivity contribution is 0.0691. The van der Waals surface area contributed by atoms with Crippen LogP contribution in [0.4, 0.5) is 0 Å². The first-order valence-corrected chi connectivity index (χ1v) is 4.74. The zero-order valence-corrected chi connectivity index (χ0v) is 8.34. The number of carboxylic acids is 1. The minimum atomic E-state index is -1.12. The fraction of sp³-hybridized carbons (Fsp3) is 0.375. The topological polar surface area (TPSA) is 76.5 Å². The molecule has 14 heavy (non-hydrogen) atoms. The Labute approximate surface area is 84.3 Å². The van der Waals surface area contributed by atoms with Crippen LogP contribution in [0.5, 0.6) is 0 Å². The van der Waals surface area contributed by atoms with E-state index in [1.165, 1.54) is 12.5 Å². The summed E-state index contributed by atoms with van der Waals surface area (Å²) in [5.41, 5.74) is -0.0873. The van der Waals surface area contributed by atoms with Crippen LogP contribution in [0.25, 0.3) is 0 Å². The summed E-state index contributed by atoms with van der Waals surface area (Å²) in [6.07, 6.45) is 0.225. The predicted octanol–water partition coefficient (Wildman–Crippen LogP) is 1.06. The van der Waals surface area contributed by atoms with E-state index in [4.69, 9.17) is 9.84 Å². The molecule has 0 aliphatic heterocycles. The van der Waals surface area contributed by atoms with Crippen molar-refractivity contribution in [1.29, 1.82) is 0 Å². The van der Waals surface area contributed by atoms with Gasteiger partial charge in [-0.25, -0.2) is 9.78 Å². The summed E-state index contributed by atoms with van der Waals surface area (Å²) < 4.78 is 4.73. The molecule has 0 bridgehead atoms. The number of rotatable bonds is 5. The molecule has 1 heterocycles. The molecule has 0 spiro atoms. The van der Waals surface area contributed by atoms with Gasteiger partial charge in [-0.3, -0.25) is 4.79 Å². The van der Waals surface area contributed by atoms with Gasteiger partial charge in [0, 0.05) is 18.9 Å². The number of ether oxygens (including phenoxy) is 1. The number of carboxylic acid groups (broad SMARTS) is 1. The minimum Gasteiger partial charge on any atom is -0.476 e. The first kappa shape index (κ1) is 10.8. The molecule has 76 valence electrons. The normalized spacial score (nSPS) is 10.1. The van der Waals surface area contributed by atoms with Crippen LogP contribution in [0.15, 0.2) is 5.38 Å². The number of thiazole rings is 1. The average molecular weight is 215 g/mol. The SMILES string of the molecule is COCCC(=O)c1nc(C(=O)O)cs1. The third-order valence-electron chi connectivity index (χ3n) is 1.50. The van der Waals surface area contributed by atoms with E-state index in [1.807, 2.05) is 0 Å². The maximum Gasteiger partial charge on any atom is 0.355 e. The number of aromatic nitrogens is 1. The van der Waals surface area contributed by atoms with E-state index in [1.54, 1.807) is 0 Å². The summed E-state index contributed by atoms with van der Waals surface area (Å²) in [4.78, 5) is 25.5. The molecule has 0 aromatic carbocycles. The first-order chi connectivity index (χ1) is 6.65. The Balaban J connectivity index is 2.66. The summed E-state index contributed by atoms with van der Waals surface area (Å²) in [7, 11) is 1.50. The highest BCUT2D eigenvalue weighted by Gasteiger charge is 2.13. The highest BCUT2D eigenvalue weighted by Crippen LogP contribution is 2.11. The van der Waals surface area contributed by atoms with Crippen molar-refractivity contribution in [3.05, 3.63) is 16.1 Å². The van der Waals surface area contributed by atoms with Crippen LogP contribution in [0.1, 0.15) is 26.7 Å². The van der Waals surface area contributed by atoms with Crippen molar-refractivity contribution in [3.8, 4) is 0 Å². The zero-order valence-electron chi connectivity index (χ0n) is 7.52. The van der Waals surface area contributed by atoms with Crippen LogP contribution < -0.4 is 0 Å². The lowest BCUT2D eigenvalue weighted by Gasteiger charge is -1.94. The van der Waals surface area contributed by atoms with Crippen molar-refractivity contribution < 1.29 is 19.4 Å². The lowest BCUT2D eigenvalue weighted by Crippen LogP contribution is -2.04. The Hall–Kier alpha value is -1.27. The molecule has 5 nitrogen and oxygen atoms in total. The quantitative estimate of drug-likeness (QED) is 0.743. The molecule has 1 aromatic rings. The van der Waals surface area contributed by atoms with E-state index < -0.39 is 5.97 Å². The molecule has 1 aromatic heterocycles. The van der Waals surface area contributed by atoms with Crippen molar-refractivity contribution in [2.24, 2.45) is 0 Å². The Bertz CT molecular complexity index is 347. The molecular formula is C8H9NO4S. The van der Waals surface area contributed by atoms with Gasteiger partial charge in [-0.1, -0.05) is 0 Å². The molecule has 0 amide bonds. The molecule has 0 saturated carbocycles. The lowest BCUT2D eigenvalue weighted by atomic mass is 10.3. The number of aromatic carboxylic acids is 1. The van der Waals surface area contributed by atoms with Crippen LogP contribution >= 0.6 is 11.3 Å². The van der Waals surface area contributed by atoms with Crippen molar-refractivity contribution in [2.75, 3.05) is 13.7 Å². The van der Waals surface area contributed by atoms with Gasteiger partial charge in [0.05, 0.1) is 6.61 Å². The Morgan fingerprint density at radius 2 is 2.36 bits per heavy atom. The highest BCUT2D eigenvalue weighted by atomic mass is 32.1. The fourth-order valence-corrected chi connectivity index (χ4v) is 1.56. The Morgan fingerprint density at radius 3 is 2.86 bits per heavy atom. The third-order valence-corrected chi connectivity index (χ3v) is 2.38. The highest BCUT2D eigenvalue weighted by molar-refractivity contribution is 7.11.